The third kappa shape index (κ3) is 2.75. The molecular formula is C8H11ClF3NO2. The Kier molecular flexibility index (Phi) is 3.83. The lowest BCUT2D eigenvalue weighted by molar-refractivity contribution is -0.183. The maximum Gasteiger partial charge on any atom is 0.393 e. The summed E-state index contributed by atoms with van der Waals surface area (Å²) in [5.74, 6) is -3.43. The van der Waals surface area contributed by atoms with E-state index in [0.29, 0.717) is 0 Å². The fourth-order valence-electron chi connectivity index (χ4n) is 1.72. The highest BCUT2D eigenvalue weighted by Crippen LogP contribution is 2.37. The van der Waals surface area contributed by atoms with E-state index in [1.165, 1.54) is 0 Å². The molecule has 1 amide bonds. The van der Waals surface area contributed by atoms with Crippen molar-refractivity contribution in [3.05, 3.63) is 0 Å². The van der Waals surface area contributed by atoms with Crippen molar-refractivity contribution in [1.82, 2.24) is 4.90 Å². The van der Waals surface area contributed by atoms with Gasteiger partial charge in [0.25, 0.3) is 0 Å². The second-order valence-corrected chi connectivity index (χ2v) is 3.79. The van der Waals surface area contributed by atoms with Crippen LogP contribution < -0.4 is 0 Å². The number of carbonyl (C=O) groups excluding carboxylic acids is 1. The van der Waals surface area contributed by atoms with Gasteiger partial charge in [-0.1, -0.05) is 0 Å². The normalized spacial score (nSPS) is 27.1. The molecule has 0 saturated carbocycles. The number of hydrogen-bond acceptors (Lipinski definition) is 2. The van der Waals surface area contributed by atoms with Crippen molar-refractivity contribution in [2.24, 2.45) is 11.8 Å². The van der Waals surface area contributed by atoms with Crippen molar-refractivity contribution in [3.63, 3.8) is 0 Å². The van der Waals surface area contributed by atoms with Crippen LogP contribution in [0.1, 0.15) is 0 Å². The minimum atomic E-state index is -4.38. The van der Waals surface area contributed by atoms with Crippen LogP contribution in [0.4, 0.5) is 13.2 Å². The number of halogens is 4. The number of aliphatic hydroxyl groups is 1. The number of aliphatic hydroxyl groups excluding tert-OH is 1. The molecule has 1 saturated heterocycles. The first-order chi connectivity index (χ1) is 6.90. The summed E-state index contributed by atoms with van der Waals surface area (Å²) in [6.45, 7) is -1.05. The Morgan fingerprint density at radius 1 is 1.47 bits per heavy atom. The molecule has 1 rings (SSSR count). The summed E-state index contributed by atoms with van der Waals surface area (Å²) in [7, 11) is 0. The number of alkyl halides is 4. The van der Waals surface area contributed by atoms with Crippen LogP contribution in [0.15, 0.2) is 0 Å². The maximum absolute atomic E-state index is 12.5. The molecular weight excluding hydrogens is 235 g/mol. The number of likely N-dealkylation sites (tertiary alicyclic amines) is 1. The van der Waals surface area contributed by atoms with Crippen molar-refractivity contribution in [1.29, 1.82) is 0 Å². The first kappa shape index (κ1) is 12.6. The van der Waals surface area contributed by atoms with Crippen LogP contribution in [0.2, 0.25) is 0 Å². The topological polar surface area (TPSA) is 40.5 Å². The van der Waals surface area contributed by atoms with Crippen LogP contribution in [0.25, 0.3) is 0 Å². The Morgan fingerprint density at radius 3 is 2.40 bits per heavy atom. The van der Waals surface area contributed by atoms with Gasteiger partial charge in [0.15, 0.2) is 0 Å². The summed E-state index contributed by atoms with van der Waals surface area (Å²) in [4.78, 5) is 12.1. The monoisotopic (exact) mass is 245 g/mol. The molecule has 0 spiro atoms. The zero-order chi connectivity index (χ0) is 11.6. The second-order valence-electron chi connectivity index (χ2n) is 3.52. The van der Waals surface area contributed by atoms with Crippen molar-refractivity contribution in [2.45, 2.75) is 6.18 Å². The molecule has 0 aliphatic carbocycles. The van der Waals surface area contributed by atoms with Gasteiger partial charge >= 0.3 is 6.18 Å². The highest BCUT2D eigenvalue weighted by molar-refractivity contribution is 6.27. The first-order valence-electron chi connectivity index (χ1n) is 4.41. The molecule has 0 radical (unpaired) electrons. The summed E-state index contributed by atoms with van der Waals surface area (Å²) in [6.07, 6.45) is -4.38. The number of carbonyl (C=O) groups is 1. The summed E-state index contributed by atoms with van der Waals surface area (Å²) < 4.78 is 37.4. The predicted octanol–water partition coefficient (Wildman–Crippen LogP) is 0.854. The highest BCUT2D eigenvalue weighted by Gasteiger charge is 2.50. The molecule has 0 unspecified atom stereocenters. The second kappa shape index (κ2) is 4.57. The van der Waals surface area contributed by atoms with Gasteiger partial charge in [-0.2, -0.15) is 13.2 Å². The standard InChI is InChI=1S/C8H11ClF3NO2/c9-1-7(15)13-2-5(4-14)6(3-13)8(10,11)12/h5-6,14H,1-4H2/t5-,6-/m1/s1. The van der Waals surface area contributed by atoms with Crippen molar-refractivity contribution in [3.8, 4) is 0 Å². The maximum atomic E-state index is 12.5. The Morgan fingerprint density at radius 2 is 2.07 bits per heavy atom. The molecule has 1 aliphatic rings. The Balaban J connectivity index is 2.71. The summed E-state index contributed by atoms with van der Waals surface area (Å²) in [5.41, 5.74) is 0. The lowest BCUT2D eigenvalue weighted by atomic mass is 9.97. The molecule has 15 heavy (non-hydrogen) atoms. The molecule has 0 aromatic heterocycles. The minimum absolute atomic E-state index is 0.0772. The molecule has 0 aromatic rings. The van der Waals surface area contributed by atoms with E-state index in [0.717, 1.165) is 4.90 Å². The van der Waals surface area contributed by atoms with Gasteiger partial charge in [0, 0.05) is 25.6 Å². The number of hydrogen-bond donors (Lipinski definition) is 1. The van der Waals surface area contributed by atoms with Crippen molar-refractivity contribution >= 4 is 17.5 Å². The molecule has 1 fully saturated rings. The molecule has 0 bridgehead atoms. The van der Waals surface area contributed by atoms with Crippen LogP contribution in [0.5, 0.6) is 0 Å². The predicted molar refractivity (Wildman–Crippen MR) is 47.4 cm³/mol. The molecule has 1 heterocycles. The van der Waals surface area contributed by atoms with E-state index in [1.807, 2.05) is 0 Å². The van der Waals surface area contributed by atoms with Crippen molar-refractivity contribution < 1.29 is 23.1 Å². The van der Waals surface area contributed by atoms with E-state index >= 15 is 0 Å². The smallest absolute Gasteiger partial charge is 0.393 e. The van der Waals surface area contributed by atoms with Gasteiger partial charge in [0.05, 0.1) is 5.92 Å². The highest BCUT2D eigenvalue weighted by atomic mass is 35.5. The Labute approximate surface area is 89.8 Å². The van der Waals surface area contributed by atoms with Crippen LogP contribution in [0.3, 0.4) is 0 Å². The Hall–Kier alpha value is -0.490. The van der Waals surface area contributed by atoms with Gasteiger partial charge in [-0.15, -0.1) is 11.6 Å². The van der Waals surface area contributed by atoms with E-state index < -0.39 is 37.1 Å². The molecule has 7 heteroatoms. The average molecular weight is 246 g/mol. The minimum Gasteiger partial charge on any atom is -0.396 e. The number of amides is 1. The van der Waals surface area contributed by atoms with Crippen molar-refractivity contribution in [2.75, 3.05) is 25.6 Å². The SMILES string of the molecule is O=C(CCl)N1C[C@H](CO)[C@H](C(F)(F)F)C1. The fraction of sp³-hybridized carbons (Fsp3) is 0.875. The fourth-order valence-corrected chi connectivity index (χ4v) is 1.88. The van der Waals surface area contributed by atoms with Crippen LogP contribution in [-0.4, -0.2) is 47.7 Å². The number of rotatable bonds is 2. The lowest BCUT2D eigenvalue weighted by Gasteiger charge is -2.18. The summed E-state index contributed by atoms with van der Waals surface area (Å²) >= 11 is 5.25. The van der Waals surface area contributed by atoms with E-state index in [9.17, 15) is 18.0 Å². The molecule has 1 N–H and O–H groups in total. The lowest BCUT2D eigenvalue weighted by Crippen LogP contribution is -2.33. The van der Waals surface area contributed by atoms with Gasteiger partial charge in [0.1, 0.15) is 5.88 Å². The summed E-state index contributed by atoms with van der Waals surface area (Å²) in [5, 5.41) is 8.80. The average Bonchev–Trinajstić information content (AvgIpc) is 2.59. The van der Waals surface area contributed by atoms with E-state index in [1.54, 1.807) is 0 Å². The zero-order valence-electron chi connectivity index (χ0n) is 7.80. The third-order valence-corrected chi connectivity index (χ3v) is 2.79. The molecule has 0 aromatic carbocycles. The quantitative estimate of drug-likeness (QED) is 0.733. The van der Waals surface area contributed by atoms with Crippen LogP contribution >= 0.6 is 11.6 Å². The van der Waals surface area contributed by atoms with Crippen LogP contribution in [0, 0.1) is 11.8 Å². The molecule has 2 atom stereocenters. The van der Waals surface area contributed by atoms with Gasteiger partial charge < -0.3 is 10.0 Å². The molecule has 1 aliphatic heterocycles. The third-order valence-electron chi connectivity index (χ3n) is 2.56. The first-order valence-corrected chi connectivity index (χ1v) is 4.95. The van der Waals surface area contributed by atoms with E-state index in [-0.39, 0.29) is 12.4 Å². The largest absolute Gasteiger partial charge is 0.396 e. The van der Waals surface area contributed by atoms with Gasteiger partial charge in [-0.25, -0.2) is 0 Å². The van der Waals surface area contributed by atoms with Gasteiger partial charge in [0.2, 0.25) is 5.91 Å². The molecule has 88 valence electrons. The van der Waals surface area contributed by atoms with Gasteiger partial charge in [-0.3, -0.25) is 4.79 Å². The molecule has 3 nitrogen and oxygen atoms in total. The van der Waals surface area contributed by atoms with E-state index in [2.05, 4.69) is 0 Å². The van der Waals surface area contributed by atoms with Crippen LogP contribution in [-0.2, 0) is 4.79 Å². The number of nitrogens with zero attached hydrogens (tertiary/aromatic N) is 1. The van der Waals surface area contributed by atoms with E-state index in [4.69, 9.17) is 16.7 Å². The Bertz CT molecular complexity index is 247. The summed E-state index contributed by atoms with van der Waals surface area (Å²) in [6, 6.07) is 0. The zero-order valence-corrected chi connectivity index (χ0v) is 8.55. The van der Waals surface area contributed by atoms with Gasteiger partial charge in [-0.05, 0) is 0 Å².